The number of hydrogen-bond donors (Lipinski definition) is 1. The van der Waals surface area contributed by atoms with Crippen molar-refractivity contribution < 1.29 is 14.2 Å². The summed E-state index contributed by atoms with van der Waals surface area (Å²) < 4.78 is 15.7. The normalized spacial score (nSPS) is 18.0. The van der Waals surface area contributed by atoms with E-state index in [0.29, 0.717) is 0 Å². The van der Waals surface area contributed by atoms with Crippen LogP contribution in [-0.4, -0.2) is 24.2 Å². The zero-order valence-corrected chi connectivity index (χ0v) is 5.10. The highest BCUT2D eigenvalue weighted by Gasteiger charge is 2.06. The molecule has 0 saturated heterocycles. The molecule has 0 aromatic heterocycles. The van der Waals surface area contributed by atoms with Gasteiger partial charge < -0.3 is 9.84 Å². The second-order valence-corrected chi connectivity index (χ2v) is 1.72. The largest absolute Gasteiger partial charge is 0.391 e. The van der Waals surface area contributed by atoms with Gasteiger partial charge in [-0.25, -0.2) is 4.39 Å². The van der Waals surface area contributed by atoms with Crippen LogP contribution in [0.5, 0.6) is 0 Å². The summed E-state index contributed by atoms with van der Waals surface area (Å²) in [5.41, 5.74) is 0. The number of alkyl halides is 1. The van der Waals surface area contributed by atoms with E-state index in [0.717, 1.165) is 0 Å². The Kier molecular flexibility index (Phi) is 3.73. The second kappa shape index (κ2) is 3.80. The van der Waals surface area contributed by atoms with Crippen molar-refractivity contribution >= 4 is 0 Å². The molecule has 0 saturated carbocycles. The summed E-state index contributed by atoms with van der Waals surface area (Å²) in [6.45, 7) is 2.34. The first kappa shape index (κ1) is 7.85. The van der Waals surface area contributed by atoms with Gasteiger partial charge in [-0.3, -0.25) is 0 Å². The Morgan fingerprint density at radius 3 is 2.25 bits per heavy atom. The molecular weight excluding hydrogens is 111 g/mol. The maximum atomic E-state index is 11.3. The lowest BCUT2D eigenvalue weighted by Crippen LogP contribution is -2.22. The average Bonchev–Trinajstić information content (AvgIpc) is 1.67. The SMILES string of the molecule is CC(O)C(C)OCF. The predicted molar refractivity (Wildman–Crippen MR) is 28.2 cm³/mol. The zero-order valence-electron chi connectivity index (χ0n) is 5.10. The van der Waals surface area contributed by atoms with Gasteiger partial charge in [0.25, 0.3) is 0 Å². The third-order valence-electron chi connectivity index (χ3n) is 1.01. The Balaban J connectivity index is 3.17. The van der Waals surface area contributed by atoms with Crippen molar-refractivity contribution in [1.82, 2.24) is 0 Å². The lowest BCUT2D eigenvalue weighted by Gasteiger charge is -2.11. The monoisotopic (exact) mass is 122 g/mol. The van der Waals surface area contributed by atoms with Crippen molar-refractivity contribution in [3.63, 3.8) is 0 Å². The van der Waals surface area contributed by atoms with Gasteiger partial charge in [-0.2, -0.15) is 0 Å². The first-order chi connectivity index (χ1) is 3.68. The summed E-state index contributed by atoms with van der Waals surface area (Å²) in [5.74, 6) is 0. The molecule has 0 aliphatic heterocycles. The van der Waals surface area contributed by atoms with E-state index in [1.54, 1.807) is 13.8 Å². The summed E-state index contributed by atoms with van der Waals surface area (Å²) in [7, 11) is 0. The number of halogens is 1. The molecule has 2 unspecified atom stereocenters. The van der Waals surface area contributed by atoms with Gasteiger partial charge in [-0.15, -0.1) is 0 Å². The molecule has 2 nitrogen and oxygen atoms in total. The zero-order chi connectivity index (χ0) is 6.57. The van der Waals surface area contributed by atoms with Gasteiger partial charge in [0.05, 0.1) is 12.2 Å². The van der Waals surface area contributed by atoms with E-state index >= 15 is 0 Å². The number of aliphatic hydroxyl groups is 1. The molecule has 8 heavy (non-hydrogen) atoms. The fourth-order valence-electron chi connectivity index (χ4n) is 0.239. The van der Waals surface area contributed by atoms with Crippen molar-refractivity contribution in [3.05, 3.63) is 0 Å². The molecule has 0 aliphatic carbocycles. The van der Waals surface area contributed by atoms with Crippen molar-refractivity contribution in [2.45, 2.75) is 26.1 Å². The smallest absolute Gasteiger partial charge is 0.188 e. The van der Waals surface area contributed by atoms with E-state index in [2.05, 4.69) is 4.74 Å². The summed E-state index contributed by atoms with van der Waals surface area (Å²) in [4.78, 5) is 0. The Bertz CT molecular complexity index is 56.4. The van der Waals surface area contributed by atoms with Gasteiger partial charge in [0.1, 0.15) is 0 Å². The molecule has 0 bridgehead atoms. The summed E-state index contributed by atoms with van der Waals surface area (Å²) in [6, 6.07) is 0. The van der Waals surface area contributed by atoms with E-state index in [-0.39, 0.29) is 0 Å². The molecule has 50 valence electrons. The van der Waals surface area contributed by atoms with Gasteiger partial charge in [0.2, 0.25) is 0 Å². The second-order valence-electron chi connectivity index (χ2n) is 1.72. The molecule has 0 aromatic rings. The number of rotatable bonds is 3. The van der Waals surface area contributed by atoms with Gasteiger partial charge in [-0.1, -0.05) is 0 Å². The van der Waals surface area contributed by atoms with Crippen molar-refractivity contribution in [3.8, 4) is 0 Å². The van der Waals surface area contributed by atoms with Crippen LogP contribution in [0, 0.1) is 0 Å². The third kappa shape index (κ3) is 2.93. The third-order valence-corrected chi connectivity index (χ3v) is 1.01. The molecule has 0 amide bonds. The van der Waals surface area contributed by atoms with Crippen LogP contribution in [0.1, 0.15) is 13.8 Å². The molecule has 0 spiro atoms. The minimum Gasteiger partial charge on any atom is -0.391 e. The molecule has 0 rings (SSSR count). The molecule has 1 N–H and O–H groups in total. The summed E-state index contributed by atoms with van der Waals surface area (Å²) in [5, 5.41) is 8.66. The summed E-state index contributed by atoms with van der Waals surface area (Å²) >= 11 is 0. The molecular formula is C5H11FO2. The highest BCUT2D eigenvalue weighted by molar-refractivity contribution is 4.54. The highest BCUT2D eigenvalue weighted by atomic mass is 19.1. The highest BCUT2D eigenvalue weighted by Crippen LogP contribution is 1.96. The lowest BCUT2D eigenvalue weighted by atomic mass is 10.3. The van der Waals surface area contributed by atoms with Crippen LogP contribution in [0.2, 0.25) is 0 Å². The maximum absolute atomic E-state index is 11.3. The van der Waals surface area contributed by atoms with E-state index in [9.17, 15) is 4.39 Å². The predicted octanol–water partition coefficient (Wildman–Crippen LogP) is 0.699. The van der Waals surface area contributed by atoms with Gasteiger partial charge in [0.15, 0.2) is 6.86 Å². The van der Waals surface area contributed by atoms with Gasteiger partial charge >= 0.3 is 0 Å². The standard InChI is InChI=1S/C5H11FO2/c1-4(7)5(2)8-3-6/h4-5,7H,3H2,1-2H3. The first-order valence-corrected chi connectivity index (χ1v) is 2.54. The number of ether oxygens (including phenoxy) is 1. The lowest BCUT2D eigenvalue weighted by molar-refractivity contribution is -0.0536. The van der Waals surface area contributed by atoms with E-state index in [1.807, 2.05) is 0 Å². The van der Waals surface area contributed by atoms with Crippen LogP contribution in [0.25, 0.3) is 0 Å². The molecule has 0 fully saturated rings. The Morgan fingerprint density at radius 1 is 1.62 bits per heavy atom. The summed E-state index contributed by atoms with van der Waals surface area (Å²) in [6.07, 6.45) is -0.995. The number of hydrogen-bond acceptors (Lipinski definition) is 2. The first-order valence-electron chi connectivity index (χ1n) is 2.54. The minimum atomic E-state index is -0.827. The van der Waals surface area contributed by atoms with Crippen LogP contribution >= 0.6 is 0 Å². The molecule has 0 aliphatic rings. The average molecular weight is 122 g/mol. The van der Waals surface area contributed by atoms with Crippen LogP contribution in [0.3, 0.4) is 0 Å². The Morgan fingerprint density at radius 2 is 2.12 bits per heavy atom. The quantitative estimate of drug-likeness (QED) is 0.597. The molecule has 3 heteroatoms. The Labute approximate surface area is 48.3 Å². The van der Waals surface area contributed by atoms with Crippen LogP contribution in [0.15, 0.2) is 0 Å². The van der Waals surface area contributed by atoms with Crippen LogP contribution < -0.4 is 0 Å². The molecule has 0 heterocycles. The maximum Gasteiger partial charge on any atom is 0.188 e. The molecule has 0 aromatic carbocycles. The van der Waals surface area contributed by atoms with Crippen molar-refractivity contribution in [2.24, 2.45) is 0 Å². The Hall–Kier alpha value is -0.150. The van der Waals surface area contributed by atoms with Crippen LogP contribution in [-0.2, 0) is 4.74 Å². The minimum absolute atomic E-state index is 0.403. The fourth-order valence-corrected chi connectivity index (χ4v) is 0.239. The topological polar surface area (TPSA) is 29.5 Å². The van der Waals surface area contributed by atoms with Gasteiger partial charge in [-0.05, 0) is 13.8 Å². The van der Waals surface area contributed by atoms with Crippen LogP contribution in [0.4, 0.5) is 4.39 Å². The van der Waals surface area contributed by atoms with Crippen molar-refractivity contribution in [1.29, 1.82) is 0 Å². The fraction of sp³-hybridized carbons (Fsp3) is 1.00. The van der Waals surface area contributed by atoms with Gasteiger partial charge in [0, 0.05) is 0 Å². The van der Waals surface area contributed by atoms with E-state index in [4.69, 9.17) is 5.11 Å². The number of aliphatic hydroxyl groups excluding tert-OH is 1. The molecule has 2 atom stereocenters. The molecule has 0 radical (unpaired) electrons. The van der Waals surface area contributed by atoms with Crippen molar-refractivity contribution in [2.75, 3.05) is 6.86 Å². The van der Waals surface area contributed by atoms with E-state index < -0.39 is 19.1 Å². The van der Waals surface area contributed by atoms with E-state index in [1.165, 1.54) is 0 Å².